The molecule has 0 spiro atoms. The molecule has 0 bridgehead atoms. The highest BCUT2D eigenvalue weighted by molar-refractivity contribution is 6.31. The van der Waals surface area contributed by atoms with Crippen molar-refractivity contribution in [1.82, 2.24) is 9.78 Å². The summed E-state index contributed by atoms with van der Waals surface area (Å²) < 4.78 is 14.3. The Labute approximate surface area is 137 Å². The number of oxime groups is 1. The average Bonchev–Trinajstić information content (AvgIpc) is 2.79. The zero-order valence-electron chi connectivity index (χ0n) is 12.9. The van der Waals surface area contributed by atoms with Gasteiger partial charge in [0, 0.05) is 5.56 Å². The molecule has 1 atom stereocenters. The minimum atomic E-state index is -0.717. The van der Waals surface area contributed by atoms with Crippen LogP contribution in [-0.4, -0.2) is 21.6 Å². The first-order chi connectivity index (χ1) is 10.8. The molecule has 2 rings (SSSR count). The van der Waals surface area contributed by atoms with Gasteiger partial charge in [-0.05, 0) is 45.0 Å². The number of hydrogen-bond acceptors (Lipinski definition) is 4. The quantitative estimate of drug-likeness (QED) is 0.402. The van der Waals surface area contributed by atoms with Crippen LogP contribution in [-0.2, 0) is 9.63 Å². The second-order valence-electron chi connectivity index (χ2n) is 5.00. The molecule has 0 radical (unpaired) electrons. The van der Waals surface area contributed by atoms with Crippen LogP contribution in [0.2, 0.25) is 5.02 Å². The summed E-state index contributed by atoms with van der Waals surface area (Å²) in [4.78, 5) is 16.9. The van der Waals surface area contributed by atoms with Gasteiger partial charge in [-0.25, -0.2) is 9.18 Å². The van der Waals surface area contributed by atoms with Crippen LogP contribution in [0.4, 0.5) is 4.39 Å². The summed E-state index contributed by atoms with van der Waals surface area (Å²) in [7, 11) is 0. The van der Waals surface area contributed by atoms with Crippen LogP contribution in [0.3, 0.4) is 0 Å². The van der Waals surface area contributed by atoms with E-state index in [0.717, 1.165) is 0 Å². The number of aromatic nitrogens is 2. The van der Waals surface area contributed by atoms with Gasteiger partial charge in [-0.15, -0.1) is 0 Å². The first kappa shape index (κ1) is 17.0. The topological polar surface area (TPSA) is 82.5 Å². The lowest BCUT2D eigenvalue weighted by Gasteiger charge is -2.11. The van der Waals surface area contributed by atoms with Crippen LogP contribution in [0.1, 0.15) is 29.9 Å². The molecule has 1 aromatic heterocycles. The summed E-state index contributed by atoms with van der Waals surface area (Å²) in [6.45, 7) is 5.11. The lowest BCUT2D eigenvalue weighted by molar-refractivity contribution is -0.147. The molecular weight excluding hydrogens is 323 g/mol. The minimum Gasteiger partial charge on any atom is -0.380 e. The third kappa shape index (κ3) is 3.68. The van der Waals surface area contributed by atoms with Gasteiger partial charge in [-0.3, -0.25) is 4.68 Å². The van der Waals surface area contributed by atoms with E-state index in [1.807, 2.05) is 0 Å². The number of aryl methyl sites for hydroxylation is 1. The maximum absolute atomic E-state index is 12.8. The van der Waals surface area contributed by atoms with E-state index in [9.17, 15) is 9.18 Å². The summed E-state index contributed by atoms with van der Waals surface area (Å²) >= 11 is 6.05. The molecule has 0 amide bonds. The number of benzene rings is 1. The molecule has 8 heteroatoms. The van der Waals surface area contributed by atoms with Gasteiger partial charge in [-0.2, -0.15) is 5.10 Å². The van der Waals surface area contributed by atoms with Gasteiger partial charge >= 0.3 is 5.97 Å². The Morgan fingerprint density at radius 2 is 2.00 bits per heavy atom. The number of carbonyl (C=O) groups excluding carboxylic acids is 1. The predicted octanol–water partition coefficient (Wildman–Crippen LogP) is 2.72. The highest BCUT2D eigenvalue weighted by Crippen LogP contribution is 2.22. The second-order valence-corrected chi connectivity index (χ2v) is 5.38. The standard InChI is InChI=1S/C15H16ClFN4O2/c1-8-13(16)9(2)21(19-8)10(3)15(22)23-20-14(18)11-4-6-12(17)7-5-11/h4-7,10H,1-3H3,(H2,18,20). The number of hydrogen-bond donors (Lipinski definition) is 1. The fourth-order valence-electron chi connectivity index (χ4n) is 1.96. The molecule has 0 saturated carbocycles. The molecule has 0 saturated heterocycles. The molecule has 0 aliphatic heterocycles. The van der Waals surface area contributed by atoms with Gasteiger partial charge in [0.25, 0.3) is 0 Å². The van der Waals surface area contributed by atoms with Gasteiger partial charge in [-0.1, -0.05) is 16.8 Å². The number of amidine groups is 1. The highest BCUT2D eigenvalue weighted by Gasteiger charge is 2.22. The van der Waals surface area contributed by atoms with Crippen LogP contribution in [0.25, 0.3) is 0 Å². The van der Waals surface area contributed by atoms with Gasteiger partial charge in [0.15, 0.2) is 5.84 Å². The number of halogens is 2. The third-order valence-electron chi connectivity index (χ3n) is 3.32. The molecule has 1 aromatic carbocycles. The van der Waals surface area contributed by atoms with E-state index in [0.29, 0.717) is 22.0 Å². The highest BCUT2D eigenvalue weighted by atomic mass is 35.5. The van der Waals surface area contributed by atoms with Crippen molar-refractivity contribution in [3.8, 4) is 0 Å². The Morgan fingerprint density at radius 3 is 2.52 bits per heavy atom. The molecule has 2 N–H and O–H groups in total. The van der Waals surface area contributed by atoms with Gasteiger partial charge in [0.2, 0.25) is 0 Å². The number of nitrogens with zero attached hydrogens (tertiary/aromatic N) is 3. The van der Waals surface area contributed by atoms with Gasteiger partial charge < -0.3 is 10.6 Å². The zero-order chi connectivity index (χ0) is 17.1. The van der Waals surface area contributed by atoms with Crippen molar-refractivity contribution < 1.29 is 14.0 Å². The smallest absolute Gasteiger partial charge is 0.359 e. The molecule has 2 aromatic rings. The monoisotopic (exact) mass is 338 g/mol. The van der Waals surface area contributed by atoms with Crippen LogP contribution in [0.5, 0.6) is 0 Å². The fraction of sp³-hybridized carbons (Fsp3) is 0.267. The van der Waals surface area contributed by atoms with E-state index >= 15 is 0 Å². The molecule has 6 nitrogen and oxygen atoms in total. The zero-order valence-corrected chi connectivity index (χ0v) is 13.6. The molecule has 0 fully saturated rings. The Morgan fingerprint density at radius 1 is 1.39 bits per heavy atom. The van der Waals surface area contributed by atoms with Crippen LogP contribution < -0.4 is 5.73 Å². The van der Waals surface area contributed by atoms with E-state index in [2.05, 4.69) is 10.3 Å². The second kappa shape index (κ2) is 6.78. The maximum atomic E-state index is 12.8. The summed E-state index contributed by atoms with van der Waals surface area (Å²) in [5, 5.41) is 8.27. The SMILES string of the molecule is Cc1nn(C(C)C(=O)O/N=C(\N)c2ccc(F)cc2)c(C)c1Cl. The Hall–Kier alpha value is -2.41. The third-order valence-corrected chi connectivity index (χ3v) is 3.87. The molecule has 1 heterocycles. The van der Waals surface area contributed by atoms with Crippen molar-refractivity contribution in [2.24, 2.45) is 10.9 Å². The summed E-state index contributed by atoms with van der Waals surface area (Å²) in [5.41, 5.74) is 7.42. The normalized spacial score (nSPS) is 13.0. The molecular formula is C15H16ClFN4O2. The minimum absolute atomic E-state index is 0.0306. The summed E-state index contributed by atoms with van der Waals surface area (Å²) in [6.07, 6.45) is 0. The lowest BCUT2D eigenvalue weighted by atomic mass is 10.2. The number of carbonyl (C=O) groups is 1. The molecule has 1 unspecified atom stereocenters. The first-order valence-corrected chi connectivity index (χ1v) is 7.20. The molecule has 0 aliphatic rings. The van der Waals surface area contributed by atoms with E-state index in [4.69, 9.17) is 22.2 Å². The van der Waals surface area contributed by atoms with Crippen LogP contribution in [0.15, 0.2) is 29.4 Å². The number of nitrogens with two attached hydrogens (primary N) is 1. The molecule has 23 heavy (non-hydrogen) atoms. The van der Waals surface area contributed by atoms with E-state index in [1.54, 1.807) is 20.8 Å². The van der Waals surface area contributed by atoms with Crippen LogP contribution >= 0.6 is 11.6 Å². The predicted molar refractivity (Wildman–Crippen MR) is 84.6 cm³/mol. The van der Waals surface area contributed by atoms with Crippen molar-refractivity contribution in [1.29, 1.82) is 0 Å². The largest absolute Gasteiger partial charge is 0.380 e. The molecule has 122 valence electrons. The van der Waals surface area contributed by atoms with Gasteiger partial charge in [0.1, 0.15) is 11.9 Å². The average molecular weight is 339 g/mol. The first-order valence-electron chi connectivity index (χ1n) is 6.82. The van der Waals surface area contributed by atoms with Crippen molar-refractivity contribution in [3.63, 3.8) is 0 Å². The van der Waals surface area contributed by atoms with Crippen molar-refractivity contribution in [2.75, 3.05) is 0 Å². The van der Waals surface area contributed by atoms with Crippen molar-refractivity contribution >= 4 is 23.4 Å². The number of rotatable bonds is 4. The Bertz CT molecular complexity index is 756. The summed E-state index contributed by atoms with van der Waals surface area (Å²) in [5.74, 6) is -1.07. The Kier molecular flexibility index (Phi) is 5.00. The van der Waals surface area contributed by atoms with Crippen molar-refractivity contribution in [2.45, 2.75) is 26.8 Å². The fourth-order valence-corrected chi connectivity index (χ4v) is 2.09. The van der Waals surface area contributed by atoms with E-state index in [1.165, 1.54) is 28.9 Å². The van der Waals surface area contributed by atoms with E-state index in [-0.39, 0.29) is 5.84 Å². The van der Waals surface area contributed by atoms with Crippen molar-refractivity contribution in [3.05, 3.63) is 52.1 Å². The van der Waals surface area contributed by atoms with E-state index < -0.39 is 17.8 Å². The Balaban J connectivity index is 2.10. The van der Waals surface area contributed by atoms with Gasteiger partial charge in [0.05, 0.1) is 16.4 Å². The summed E-state index contributed by atoms with van der Waals surface area (Å²) in [6, 6.07) is 4.63. The maximum Gasteiger partial charge on any atom is 0.359 e. The van der Waals surface area contributed by atoms with Crippen LogP contribution in [0, 0.1) is 19.7 Å². The molecule has 0 aliphatic carbocycles. The lowest BCUT2D eigenvalue weighted by Crippen LogP contribution is -2.22.